The summed E-state index contributed by atoms with van der Waals surface area (Å²) in [4.78, 5) is 27.7. The number of nitrogens with one attached hydrogen (secondary N) is 1. The highest BCUT2D eigenvalue weighted by Crippen LogP contribution is 2.38. The maximum atomic E-state index is 13.1. The van der Waals surface area contributed by atoms with Gasteiger partial charge in [-0.1, -0.05) is 80.6 Å². The van der Waals surface area contributed by atoms with Crippen molar-refractivity contribution in [3.63, 3.8) is 0 Å². The fourth-order valence-electron chi connectivity index (χ4n) is 4.42. The Labute approximate surface area is 201 Å². The van der Waals surface area contributed by atoms with Crippen molar-refractivity contribution in [2.24, 2.45) is 5.92 Å². The van der Waals surface area contributed by atoms with E-state index in [9.17, 15) is 9.59 Å². The van der Waals surface area contributed by atoms with Crippen LogP contribution >= 0.6 is 0 Å². The molecule has 0 saturated carbocycles. The largest absolute Gasteiger partial charge is 0.481 e. The lowest BCUT2D eigenvalue weighted by Gasteiger charge is -2.39. The second-order valence-corrected chi connectivity index (χ2v) is 9.07. The van der Waals surface area contributed by atoms with E-state index in [0.29, 0.717) is 18.8 Å². The molecule has 1 N–H and O–H groups in total. The van der Waals surface area contributed by atoms with Gasteiger partial charge in [0.15, 0.2) is 6.10 Å². The fourth-order valence-corrected chi connectivity index (χ4v) is 4.42. The molecule has 0 unspecified atom stereocenters. The van der Waals surface area contributed by atoms with Crippen LogP contribution in [0.15, 0.2) is 78.9 Å². The molecule has 0 aliphatic carbocycles. The number of nitrogens with zero attached hydrogens (tertiary/aromatic N) is 1. The Balaban J connectivity index is 1.55. The maximum absolute atomic E-state index is 13.1. The van der Waals surface area contributed by atoms with Crippen LogP contribution in [-0.2, 0) is 22.6 Å². The van der Waals surface area contributed by atoms with Crippen LogP contribution in [0.4, 0.5) is 0 Å². The number of benzene rings is 3. The fraction of sp³-hybridized carbons (Fsp3) is 0.310. The van der Waals surface area contributed by atoms with E-state index >= 15 is 0 Å². The molecule has 0 bridgehead atoms. The third kappa shape index (κ3) is 5.30. The number of amides is 2. The second kappa shape index (κ2) is 10.6. The van der Waals surface area contributed by atoms with Gasteiger partial charge >= 0.3 is 0 Å². The zero-order valence-electron chi connectivity index (χ0n) is 20.0. The number of carbonyl (C=O) groups is 2. The van der Waals surface area contributed by atoms with Gasteiger partial charge in [-0.15, -0.1) is 0 Å². The predicted molar refractivity (Wildman–Crippen MR) is 133 cm³/mol. The van der Waals surface area contributed by atoms with Crippen molar-refractivity contribution in [2.75, 3.05) is 6.54 Å². The second-order valence-electron chi connectivity index (χ2n) is 9.07. The molecular weight excluding hydrogens is 424 g/mol. The highest BCUT2D eigenvalue weighted by Gasteiger charge is 2.33. The van der Waals surface area contributed by atoms with Gasteiger partial charge in [0.2, 0.25) is 5.91 Å². The first-order chi connectivity index (χ1) is 16.4. The minimum Gasteiger partial charge on any atom is -0.481 e. The van der Waals surface area contributed by atoms with E-state index in [0.717, 1.165) is 23.1 Å². The van der Waals surface area contributed by atoms with Crippen LogP contribution in [-0.4, -0.2) is 29.4 Å². The number of rotatable bonds is 7. The molecule has 4 rings (SSSR count). The van der Waals surface area contributed by atoms with Crippen LogP contribution in [0.5, 0.6) is 5.75 Å². The van der Waals surface area contributed by atoms with Crippen molar-refractivity contribution in [3.05, 3.63) is 101 Å². The Kier molecular flexibility index (Phi) is 7.31. The summed E-state index contributed by atoms with van der Waals surface area (Å²) in [6, 6.07) is 25.7. The van der Waals surface area contributed by atoms with Crippen molar-refractivity contribution in [2.45, 2.75) is 45.9 Å². The van der Waals surface area contributed by atoms with E-state index in [1.165, 1.54) is 5.56 Å². The molecule has 0 aromatic heterocycles. The standard InChI is InChI=1S/C29H32N2O3/c1-20(2)29(33)31-17-16-23-14-15-25(18-26(23)27(31)24-12-8-5-9-13-24)34-21(3)28(32)30-19-22-10-6-4-7-11-22/h4-15,18,20-21,27H,16-17,19H2,1-3H3,(H,30,32)/t21-,27+/m0/s1. The van der Waals surface area contributed by atoms with E-state index in [1.807, 2.05) is 79.4 Å². The zero-order chi connectivity index (χ0) is 24.1. The summed E-state index contributed by atoms with van der Waals surface area (Å²) in [6.07, 6.45) is 0.152. The average Bonchev–Trinajstić information content (AvgIpc) is 2.87. The van der Waals surface area contributed by atoms with Gasteiger partial charge in [-0.2, -0.15) is 0 Å². The summed E-state index contributed by atoms with van der Waals surface area (Å²) < 4.78 is 6.04. The number of ether oxygens (including phenoxy) is 1. The van der Waals surface area contributed by atoms with Crippen LogP contribution in [0.3, 0.4) is 0 Å². The number of fused-ring (bicyclic) bond motifs is 1. The van der Waals surface area contributed by atoms with Gasteiger partial charge in [-0.25, -0.2) is 0 Å². The van der Waals surface area contributed by atoms with E-state index in [4.69, 9.17) is 4.74 Å². The normalized spacial score (nSPS) is 16.0. The van der Waals surface area contributed by atoms with Gasteiger partial charge in [0, 0.05) is 19.0 Å². The molecule has 3 aromatic carbocycles. The third-order valence-corrected chi connectivity index (χ3v) is 6.23. The molecule has 1 heterocycles. The highest BCUT2D eigenvalue weighted by molar-refractivity contribution is 5.81. The molecule has 2 atom stereocenters. The topological polar surface area (TPSA) is 58.6 Å². The van der Waals surface area contributed by atoms with Crippen molar-refractivity contribution in [1.82, 2.24) is 10.2 Å². The molecule has 1 aliphatic heterocycles. The van der Waals surface area contributed by atoms with Gasteiger partial charge in [0.25, 0.3) is 5.91 Å². The third-order valence-electron chi connectivity index (χ3n) is 6.23. The smallest absolute Gasteiger partial charge is 0.261 e. The molecule has 1 aliphatic rings. The maximum Gasteiger partial charge on any atom is 0.261 e. The number of hydrogen-bond acceptors (Lipinski definition) is 3. The van der Waals surface area contributed by atoms with Gasteiger partial charge in [0.1, 0.15) is 5.75 Å². The van der Waals surface area contributed by atoms with Crippen LogP contribution in [0.1, 0.15) is 49.1 Å². The number of hydrogen-bond donors (Lipinski definition) is 1. The van der Waals surface area contributed by atoms with Crippen molar-refractivity contribution >= 4 is 11.8 Å². The Morgan fingerprint density at radius 1 is 0.971 bits per heavy atom. The molecule has 0 fully saturated rings. The molecular formula is C29H32N2O3. The minimum atomic E-state index is -0.645. The van der Waals surface area contributed by atoms with Gasteiger partial charge in [0.05, 0.1) is 6.04 Å². The van der Waals surface area contributed by atoms with Crippen LogP contribution in [0, 0.1) is 5.92 Å². The Hall–Kier alpha value is -3.60. The Morgan fingerprint density at radius 2 is 1.65 bits per heavy atom. The lowest BCUT2D eigenvalue weighted by molar-refractivity contribution is -0.136. The summed E-state index contributed by atoms with van der Waals surface area (Å²) in [7, 11) is 0. The molecule has 3 aromatic rings. The lowest BCUT2D eigenvalue weighted by atomic mass is 9.87. The summed E-state index contributed by atoms with van der Waals surface area (Å²) in [5.41, 5.74) is 4.37. The minimum absolute atomic E-state index is 0.0828. The molecule has 2 amide bonds. The Bertz CT molecular complexity index is 1130. The van der Waals surface area contributed by atoms with Crippen molar-refractivity contribution in [1.29, 1.82) is 0 Å². The van der Waals surface area contributed by atoms with E-state index in [-0.39, 0.29) is 23.8 Å². The van der Waals surface area contributed by atoms with E-state index in [1.54, 1.807) is 6.92 Å². The summed E-state index contributed by atoms with van der Waals surface area (Å²) >= 11 is 0. The first kappa shape index (κ1) is 23.6. The van der Waals surface area contributed by atoms with Gasteiger partial charge in [-0.05, 0) is 47.7 Å². The van der Waals surface area contributed by atoms with Gasteiger partial charge in [-0.3, -0.25) is 9.59 Å². The van der Waals surface area contributed by atoms with Crippen LogP contribution < -0.4 is 10.1 Å². The molecule has 0 spiro atoms. The monoisotopic (exact) mass is 456 g/mol. The Morgan fingerprint density at radius 3 is 2.32 bits per heavy atom. The summed E-state index contributed by atoms with van der Waals surface area (Å²) in [6.45, 7) is 6.77. The number of carbonyl (C=O) groups excluding carboxylic acids is 2. The van der Waals surface area contributed by atoms with E-state index in [2.05, 4.69) is 23.5 Å². The average molecular weight is 457 g/mol. The summed E-state index contributed by atoms with van der Waals surface area (Å²) in [5, 5.41) is 2.93. The summed E-state index contributed by atoms with van der Waals surface area (Å²) in [5.74, 6) is 0.513. The quantitative estimate of drug-likeness (QED) is 0.550. The molecule has 5 heteroatoms. The predicted octanol–water partition coefficient (Wildman–Crippen LogP) is 4.90. The van der Waals surface area contributed by atoms with Crippen molar-refractivity contribution < 1.29 is 14.3 Å². The molecule has 0 saturated heterocycles. The SMILES string of the molecule is CC(C)C(=O)N1CCc2ccc(O[C@@H](C)C(=O)NCc3ccccc3)cc2[C@H]1c1ccccc1. The lowest BCUT2D eigenvalue weighted by Crippen LogP contribution is -2.42. The van der Waals surface area contributed by atoms with Crippen molar-refractivity contribution in [3.8, 4) is 5.75 Å². The highest BCUT2D eigenvalue weighted by atomic mass is 16.5. The molecule has 34 heavy (non-hydrogen) atoms. The van der Waals surface area contributed by atoms with Crippen LogP contribution in [0.2, 0.25) is 0 Å². The first-order valence-electron chi connectivity index (χ1n) is 11.9. The van der Waals surface area contributed by atoms with Gasteiger partial charge < -0.3 is 15.0 Å². The molecule has 176 valence electrons. The first-order valence-corrected chi connectivity index (χ1v) is 11.9. The zero-order valence-corrected chi connectivity index (χ0v) is 20.0. The van der Waals surface area contributed by atoms with Crippen LogP contribution in [0.25, 0.3) is 0 Å². The molecule has 0 radical (unpaired) electrons. The van der Waals surface area contributed by atoms with E-state index < -0.39 is 6.10 Å². The molecule has 5 nitrogen and oxygen atoms in total.